The van der Waals surface area contributed by atoms with E-state index in [1.807, 2.05) is 36.7 Å². The van der Waals surface area contributed by atoms with E-state index in [-0.39, 0.29) is 30.6 Å². The third-order valence-corrected chi connectivity index (χ3v) is 9.57. The normalized spacial score (nSPS) is 18.8. The van der Waals surface area contributed by atoms with Gasteiger partial charge < -0.3 is 29.4 Å². The Hall–Kier alpha value is -3.28. The Bertz CT molecular complexity index is 1460. The van der Waals surface area contributed by atoms with Gasteiger partial charge in [0.05, 0.1) is 37.3 Å². The number of methoxy groups -OCH3 is 2. The highest BCUT2D eigenvalue weighted by Gasteiger charge is 2.57. The molecule has 3 aromatic rings. The molecule has 10 nitrogen and oxygen atoms in total. The van der Waals surface area contributed by atoms with Crippen molar-refractivity contribution >= 4 is 27.0 Å². The first-order valence-electron chi connectivity index (χ1n) is 12.7. The number of aromatic nitrogens is 1. The molecule has 0 saturated carbocycles. The molecule has 0 aliphatic carbocycles. The van der Waals surface area contributed by atoms with Crippen molar-refractivity contribution < 1.29 is 27.8 Å². The summed E-state index contributed by atoms with van der Waals surface area (Å²) in [6.45, 7) is 2.96. The van der Waals surface area contributed by atoms with Gasteiger partial charge in [-0.3, -0.25) is 0 Å². The summed E-state index contributed by atoms with van der Waals surface area (Å²) in [5.41, 5.74) is 2.07. The fraction of sp³-hybridized carbons (Fsp3) is 0.444. The first kappa shape index (κ1) is 26.3. The molecule has 2 aromatic carbocycles. The van der Waals surface area contributed by atoms with Crippen molar-refractivity contribution in [1.29, 1.82) is 0 Å². The van der Waals surface area contributed by atoms with Gasteiger partial charge in [-0.05, 0) is 48.4 Å². The summed E-state index contributed by atoms with van der Waals surface area (Å²) in [6.07, 6.45) is 0.779. The third-order valence-electron chi connectivity index (χ3n) is 7.76. The van der Waals surface area contributed by atoms with Crippen LogP contribution in [-0.2, 0) is 22.5 Å². The molecule has 1 saturated heterocycles. The van der Waals surface area contributed by atoms with Gasteiger partial charge in [-0.15, -0.1) is 0 Å². The van der Waals surface area contributed by atoms with Crippen LogP contribution in [0.5, 0.6) is 11.5 Å². The SMILES string of the molecule is CCCNC(=O)N1CC2(CN(S(=O)(=O)c3ccc(OC)cc3)C2)c2c(n(C)c3cc(OC)ccc23)[C@@H]1CO. The number of nitrogens with one attached hydrogen (secondary N) is 1. The summed E-state index contributed by atoms with van der Waals surface area (Å²) in [5, 5.41) is 14.4. The molecule has 2 aliphatic heterocycles. The number of urea groups is 1. The van der Waals surface area contributed by atoms with Gasteiger partial charge in [-0.2, -0.15) is 4.31 Å². The average molecular weight is 543 g/mol. The van der Waals surface area contributed by atoms with Crippen molar-refractivity contribution in [1.82, 2.24) is 19.1 Å². The lowest BCUT2D eigenvalue weighted by Crippen LogP contribution is -2.68. The topological polar surface area (TPSA) is 113 Å². The Morgan fingerprint density at radius 2 is 1.74 bits per heavy atom. The van der Waals surface area contributed by atoms with E-state index in [4.69, 9.17) is 9.47 Å². The number of benzene rings is 2. The quantitative estimate of drug-likeness (QED) is 0.475. The molecule has 11 heteroatoms. The van der Waals surface area contributed by atoms with E-state index < -0.39 is 21.5 Å². The van der Waals surface area contributed by atoms with Crippen molar-refractivity contribution in [3.63, 3.8) is 0 Å². The van der Waals surface area contributed by atoms with Crippen molar-refractivity contribution in [2.45, 2.75) is 29.7 Å². The number of carbonyl (C=O) groups excluding carboxylic acids is 1. The van der Waals surface area contributed by atoms with Crippen LogP contribution in [0.1, 0.15) is 30.6 Å². The van der Waals surface area contributed by atoms with E-state index in [0.717, 1.165) is 28.6 Å². The minimum Gasteiger partial charge on any atom is -0.497 e. The average Bonchev–Trinajstić information content (AvgIpc) is 3.21. The molecule has 2 N–H and O–H groups in total. The summed E-state index contributed by atoms with van der Waals surface area (Å²) in [7, 11) is 1.30. The van der Waals surface area contributed by atoms with Gasteiger partial charge in [0.2, 0.25) is 10.0 Å². The Balaban J connectivity index is 1.60. The van der Waals surface area contributed by atoms with Crippen molar-refractivity contribution in [3.8, 4) is 11.5 Å². The molecule has 38 heavy (non-hydrogen) atoms. The minimum absolute atomic E-state index is 0.192. The molecule has 0 unspecified atom stereocenters. The lowest BCUT2D eigenvalue weighted by molar-refractivity contribution is 0.0494. The number of rotatable bonds is 7. The van der Waals surface area contributed by atoms with Crippen LogP contribution >= 0.6 is 0 Å². The number of amides is 2. The second-order valence-electron chi connectivity index (χ2n) is 9.99. The maximum Gasteiger partial charge on any atom is 0.318 e. The Morgan fingerprint density at radius 1 is 1.08 bits per heavy atom. The molecule has 3 heterocycles. The Labute approximate surface area is 222 Å². The van der Waals surface area contributed by atoms with E-state index >= 15 is 0 Å². The highest BCUT2D eigenvalue weighted by molar-refractivity contribution is 7.89. The van der Waals surface area contributed by atoms with Crippen molar-refractivity contribution in [2.24, 2.45) is 7.05 Å². The predicted octanol–water partition coefficient (Wildman–Crippen LogP) is 2.61. The molecule has 204 valence electrons. The molecule has 1 atom stereocenters. The minimum atomic E-state index is -3.75. The van der Waals surface area contributed by atoms with E-state index in [1.54, 1.807) is 36.3 Å². The summed E-state index contributed by atoms with van der Waals surface area (Å²) in [5.74, 6) is 1.27. The largest absolute Gasteiger partial charge is 0.497 e. The highest BCUT2D eigenvalue weighted by atomic mass is 32.2. The molecular weight excluding hydrogens is 508 g/mol. The van der Waals surface area contributed by atoms with Gasteiger partial charge in [-0.25, -0.2) is 13.2 Å². The molecule has 1 fully saturated rings. The first-order valence-corrected chi connectivity index (χ1v) is 14.1. The van der Waals surface area contributed by atoms with E-state index in [1.165, 1.54) is 11.4 Å². The van der Waals surface area contributed by atoms with E-state index in [0.29, 0.717) is 24.6 Å². The number of hydrogen-bond acceptors (Lipinski definition) is 6. The van der Waals surface area contributed by atoms with Crippen LogP contribution in [0.2, 0.25) is 0 Å². The number of nitrogens with zero attached hydrogens (tertiary/aromatic N) is 3. The zero-order chi connectivity index (χ0) is 27.2. The van der Waals surface area contributed by atoms with Gasteiger partial charge in [0.15, 0.2) is 0 Å². The van der Waals surface area contributed by atoms with Crippen LogP contribution in [0.3, 0.4) is 0 Å². The summed E-state index contributed by atoms with van der Waals surface area (Å²) in [6, 6.07) is 11.3. The highest BCUT2D eigenvalue weighted by Crippen LogP contribution is 2.50. The monoisotopic (exact) mass is 542 g/mol. The van der Waals surface area contributed by atoms with Crippen molar-refractivity contribution in [2.75, 3.05) is 47.0 Å². The summed E-state index contributed by atoms with van der Waals surface area (Å²) >= 11 is 0. The smallest absolute Gasteiger partial charge is 0.318 e. The summed E-state index contributed by atoms with van der Waals surface area (Å²) in [4.78, 5) is 15.1. The van der Waals surface area contributed by atoms with Crippen molar-refractivity contribution in [3.05, 3.63) is 53.7 Å². The Kier molecular flexibility index (Phi) is 6.79. The Morgan fingerprint density at radius 3 is 2.34 bits per heavy atom. The van der Waals surface area contributed by atoms with E-state index in [9.17, 15) is 18.3 Å². The van der Waals surface area contributed by atoms with Gasteiger partial charge in [-0.1, -0.05) is 6.92 Å². The number of carbonyl (C=O) groups is 1. The van der Waals surface area contributed by atoms with Crippen LogP contribution in [0.15, 0.2) is 47.4 Å². The van der Waals surface area contributed by atoms with Crippen LogP contribution < -0.4 is 14.8 Å². The lowest BCUT2D eigenvalue weighted by Gasteiger charge is -2.55. The third kappa shape index (κ3) is 4.00. The predicted molar refractivity (Wildman–Crippen MR) is 143 cm³/mol. The molecule has 1 aromatic heterocycles. The van der Waals surface area contributed by atoms with Gasteiger partial charge in [0, 0.05) is 55.8 Å². The first-order chi connectivity index (χ1) is 18.2. The fourth-order valence-electron chi connectivity index (χ4n) is 5.86. The second kappa shape index (κ2) is 9.79. The van der Waals surface area contributed by atoms with Crippen LogP contribution in [0.4, 0.5) is 4.79 Å². The van der Waals surface area contributed by atoms with Crippen LogP contribution in [0.25, 0.3) is 10.9 Å². The molecule has 0 radical (unpaired) electrons. The summed E-state index contributed by atoms with van der Waals surface area (Å²) < 4.78 is 41.1. The van der Waals surface area contributed by atoms with E-state index in [2.05, 4.69) is 5.32 Å². The lowest BCUT2D eigenvalue weighted by atomic mass is 9.70. The van der Waals surface area contributed by atoms with Crippen LogP contribution in [0, 0.1) is 0 Å². The zero-order valence-electron chi connectivity index (χ0n) is 22.1. The van der Waals surface area contributed by atoms with Gasteiger partial charge in [0.1, 0.15) is 11.5 Å². The number of aliphatic hydroxyl groups is 1. The number of fused-ring (bicyclic) bond motifs is 4. The molecular formula is C27H34N4O6S. The molecule has 0 bridgehead atoms. The number of aryl methyl sites for hydroxylation is 1. The maximum absolute atomic E-state index is 13.5. The standard InChI is InChI=1S/C27H34N4O6S/c1-5-12-28-26(33)31-17-27(15-30(16-27)38(34,35)20-9-6-18(36-3)7-10-20)24-21-11-8-19(37-4)13-22(21)29(2)25(24)23(31)14-32/h6-11,13,23,32H,5,12,14-17H2,1-4H3,(H,28,33)/t23-/m0/s1. The number of ether oxygens (including phenoxy) is 2. The van der Waals surface area contributed by atoms with Crippen LogP contribution in [-0.4, -0.2) is 80.3 Å². The zero-order valence-corrected chi connectivity index (χ0v) is 22.9. The molecule has 1 spiro atoms. The molecule has 5 rings (SSSR count). The molecule has 2 amide bonds. The number of aliphatic hydroxyl groups excluding tert-OH is 1. The van der Waals surface area contributed by atoms with Gasteiger partial charge >= 0.3 is 6.03 Å². The number of hydrogen-bond donors (Lipinski definition) is 2. The molecule has 2 aliphatic rings. The fourth-order valence-corrected chi connectivity index (χ4v) is 7.47. The van der Waals surface area contributed by atoms with Gasteiger partial charge in [0.25, 0.3) is 0 Å². The second-order valence-corrected chi connectivity index (χ2v) is 11.9. The number of sulfonamides is 1. The maximum atomic E-state index is 13.5.